The van der Waals surface area contributed by atoms with Crippen molar-refractivity contribution in [1.82, 2.24) is 10.6 Å². The van der Waals surface area contributed by atoms with Gasteiger partial charge in [-0.1, -0.05) is 18.2 Å². The van der Waals surface area contributed by atoms with Gasteiger partial charge in [0, 0.05) is 24.5 Å². The van der Waals surface area contributed by atoms with E-state index in [9.17, 15) is 4.79 Å². The summed E-state index contributed by atoms with van der Waals surface area (Å²) in [7, 11) is 0. The number of thioether (sulfide) groups is 1. The lowest BCUT2D eigenvalue weighted by Crippen LogP contribution is -2.22. The number of nitrogens with one attached hydrogen (secondary N) is 2. The molecule has 2 heterocycles. The molecule has 112 valence electrons. The minimum Gasteiger partial charge on any atom is -0.347 e. The number of fused-ring (bicyclic) bond motifs is 1. The van der Waals surface area contributed by atoms with Gasteiger partial charge < -0.3 is 10.6 Å². The zero-order chi connectivity index (χ0) is 13.9. The molecule has 21 heavy (non-hydrogen) atoms. The Morgan fingerprint density at radius 2 is 2.14 bits per heavy atom. The highest BCUT2D eigenvalue weighted by Gasteiger charge is 2.13. The van der Waals surface area contributed by atoms with Crippen molar-refractivity contribution >= 4 is 41.4 Å². The van der Waals surface area contributed by atoms with Gasteiger partial charge in [0.2, 0.25) is 0 Å². The van der Waals surface area contributed by atoms with Crippen LogP contribution in [0.15, 0.2) is 34.5 Å². The second kappa shape index (κ2) is 7.31. The average Bonchev–Trinajstić information content (AvgIpc) is 3.12. The summed E-state index contributed by atoms with van der Waals surface area (Å²) in [4.78, 5) is 14.0. The van der Waals surface area contributed by atoms with Crippen LogP contribution in [0.1, 0.15) is 26.4 Å². The summed E-state index contributed by atoms with van der Waals surface area (Å²) < 4.78 is 0. The zero-order valence-electron chi connectivity index (χ0n) is 11.6. The standard InChI is InChI=1S/C15H16N2OS2.ClH/c1-19-13-4-5-20-14(13)15(18)17-7-10-2-3-11-8-16-9-12(11)6-10;/h2-6,16H,7-9H2,1H3,(H,17,18);1H. The van der Waals surface area contributed by atoms with Crippen LogP contribution in [0.25, 0.3) is 0 Å². The number of carbonyl (C=O) groups excluding carboxylic acids is 1. The number of halogens is 1. The van der Waals surface area contributed by atoms with E-state index in [2.05, 4.69) is 28.8 Å². The van der Waals surface area contributed by atoms with Gasteiger partial charge in [0.15, 0.2) is 0 Å². The molecule has 1 aromatic carbocycles. The molecule has 2 aromatic rings. The minimum absolute atomic E-state index is 0. The fourth-order valence-corrected chi connectivity index (χ4v) is 4.01. The van der Waals surface area contributed by atoms with Gasteiger partial charge >= 0.3 is 0 Å². The van der Waals surface area contributed by atoms with Gasteiger partial charge in [-0.25, -0.2) is 0 Å². The molecule has 0 radical (unpaired) electrons. The number of rotatable bonds is 4. The molecule has 1 aliphatic rings. The third-order valence-corrected chi connectivity index (χ3v) is 5.23. The van der Waals surface area contributed by atoms with Gasteiger partial charge in [-0.2, -0.15) is 0 Å². The van der Waals surface area contributed by atoms with E-state index >= 15 is 0 Å². The van der Waals surface area contributed by atoms with E-state index in [0.717, 1.165) is 28.4 Å². The number of amides is 1. The monoisotopic (exact) mass is 340 g/mol. The third-order valence-electron chi connectivity index (χ3n) is 3.41. The molecule has 6 heteroatoms. The number of hydrogen-bond donors (Lipinski definition) is 2. The predicted octanol–water partition coefficient (Wildman–Crippen LogP) is 3.43. The molecule has 3 rings (SSSR count). The van der Waals surface area contributed by atoms with Crippen LogP contribution >= 0.6 is 35.5 Å². The Bertz CT molecular complexity index is 642. The van der Waals surface area contributed by atoms with Crippen LogP contribution in [0.2, 0.25) is 0 Å². The molecule has 0 saturated heterocycles. The lowest BCUT2D eigenvalue weighted by atomic mass is 10.1. The third kappa shape index (κ3) is 3.61. The van der Waals surface area contributed by atoms with Crippen LogP contribution in [0.4, 0.5) is 0 Å². The summed E-state index contributed by atoms with van der Waals surface area (Å²) in [6.07, 6.45) is 1.99. The van der Waals surface area contributed by atoms with E-state index in [1.54, 1.807) is 11.8 Å². The lowest BCUT2D eigenvalue weighted by molar-refractivity contribution is 0.0952. The molecular weight excluding hydrogens is 324 g/mol. The molecule has 0 fully saturated rings. The highest BCUT2D eigenvalue weighted by molar-refractivity contribution is 7.98. The van der Waals surface area contributed by atoms with Crippen LogP contribution in [-0.4, -0.2) is 12.2 Å². The predicted molar refractivity (Wildman–Crippen MR) is 91.5 cm³/mol. The Morgan fingerprint density at radius 3 is 2.95 bits per heavy atom. The second-order valence-corrected chi connectivity index (χ2v) is 6.47. The Labute approximate surface area is 138 Å². The van der Waals surface area contributed by atoms with Crippen LogP contribution in [-0.2, 0) is 19.6 Å². The molecule has 2 N–H and O–H groups in total. The summed E-state index contributed by atoms with van der Waals surface area (Å²) in [6, 6.07) is 8.41. The number of carbonyl (C=O) groups is 1. The largest absolute Gasteiger partial charge is 0.347 e. The Balaban J connectivity index is 0.00000161. The molecule has 0 bridgehead atoms. The molecule has 1 aliphatic heterocycles. The molecule has 1 amide bonds. The van der Waals surface area contributed by atoms with E-state index in [0.29, 0.717) is 6.54 Å². The minimum atomic E-state index is 0. The smallest absolute Gasteiger partial charge is 0.262 e. The molecule has 3 nitrogen and oxygen atoms in total. The van der Waals surface area contributed by atoms with Crippen molar-refractivity contribution in [2.24, 2.45) is 0 Å². The van der Waals surface area contributed by atoms with E-state index in [-0.39, 0.29) is 18.3 Å². The van der Waals surface area contributed by atoms with E-state index in [1.807, 2.05) is 17.7 Å². The summed E-state index contributed by atoms with van der Waals surface area (Å²) in [6.45, 7) is 2.46. The van der Waals surface area contributed by atoms with Crippen molar-refractivity contribution in [2.75, 3.05) is 6.26 Å². The first-order chi connectivity index (χ1) is 9.78. The van der Waals surface area contributed by atoms with Gasteiger partial charge in [-0.15, -0.1) is 35.5 Å². The van der Waals surface area contributed by atoms with Crippen molar-refractivity contribution in [2.45, 2.75) is 24.5 Å². The normalized spacial score (nSPS) is 12.6. The maximum atomic E-state index is 12.2. The lowest BCUT2D eigenvalue weighted by Gasteiger charge is -2.07. The first-order valence-electron chi connectivity index (χ1n) is 6.49. The van der Waals surface area contributed by atoms with Crippen LogP contribution in [0.5, 0.6) is 0 Å². The first kappa shape index (κ1) is 16.4. The molecule has 0 atom stereocenters. The average molecular weight is 341 g/mol. The van der Waals surface area contributed by atoms with E-state index < -0.39 is 0 Å². The number of hydrogen-bond acceptors (Lipinski definition) is 4. The van der Waals surface area contributed by atoms with Gasteiger partial charge in [-0.3, -0.25) is 4.79 Å². The van der Waals surface area contributed by atoms with Crippen molar-refractivity contribution in [3.8, 4) is 0 Å². The summed E-state index contributed by atoms with van der Waals surface area (Å²) in [5, 5.41) is 8.29. The van der Waals surface area contributed by atoms with E-state index in [1.165, 1.54) is 22.5 Å². The zero-order valence-corrected chi connectivity index (χ0v) is 14.1. The molecular formula is C15H17ClN2OS2. The van der Waals surface area contributed by atoms with Crippen LogP contribution < -0.4 is 10.6 Å². The van der Waals surface area contributed by atoms with Crippen molar-refractivity contribution in [3.05, 3.63) is 51.2 Å². The van der Waals surface area contributed by atoms with Crippen molar-refractivity contribution < 1.29 is 4.79 Å². The Morgan fingerprint density at radius 1 is 1.33 bits per heavy atom. The highest BCUT2D eigenvalue weighted by atomic mass is 35.5. The fourth-order valence-electron chi connectivity index (χ4n) is 2.34. The number of thiophene rings is 1. The Hall–Kier alpha value is -1.01. The molecule has 1 aromatic heterocycles. The highest BCUT2D eigenvalue weighted by Crippen LogP contribution is 2.25. The molecule has 0 unspecified atom stereocenters. The van der Waals surface area contributed by atoms with Gasteiger partial charge in [0.1, 0.15) is 4.88 Å². The van der Waals surface area contributed by atoms with E-state index in [4.69, 9.17) is 0 Å². The molecule has 0 aliphatic carbocycles. The summed E-state index contributed by atoms with van der Waals surface area (Å²) in [5.74, 6) is 0.0166. The van der Waals surface area contributed by atoms with Crippen LogP contribution in [0, 0.1) is 0 Å². The summed E-state index contributed by atoms with van der Waals surface area (Å²) >= 11 is 3.10. The summed E-state index contributed by atoms with van der Waals surface area (Å²) in [5.41, 5.74) is 3.86. The van der Waals surface area contributed by atoms with Crippen molar-refractivity contribution in [3.63, 3.8) is 0 Å². The number of benzene rings is 1. The second-order valence-electron chi connectivity index (χ2n) is 4.71. The van der Waals surface area contributed by atoms with Gasteiger partial charge in [-0.05, 0) is 34.4 Å². The van der Waals surface area contributed by atoms with Crippen LogP contribution in [0.3, 0.4) is 0 Å². The van der Waals surface area contributed by atoms with Crippen molar-refractivity contribution in [1.29, 1.82) is 0 Å². The maximum absolute atomic E-state index is 12.2. The topological polar surface area (TPSA) is 41.1 Å². The fraction of sp³-hybridized carbons (Fsp3) is 0.267. The molecule has 0 saturated carbocycles. The quantitative estimate of drug-likeness (QED) is 0.838. The first-order valence-corrected chi connectivity index (χ1v) is 8.59. The van der Waals surface area contributed by atoms with Gasteiger partial charge in [0.25, 0.3) is 5.91 Å². The maximum Gasteiger partial charge on any atom is 0.262 e. The molecule has 0 spiro atoms. The van der Waals surface area contributed by atoms with Gasteiger partial charge in [0.05, 0.1) is 0 Å². The SMILES string of the molecule is CSc1ccsc1C(=O)NCc1ccc2c(c1)CNC2.Cl. The Kier molecular flexibility index (Phi) is 5.70.